The maximum absolute atomic E-state index is 13.3. The summed E-state index contributed by atoms with van der Waals surface area (Å²) in [6.45, 7) is 0. The number of nitrogens with one attached hydrogen (secondary N) is 1. The lowest BCUT2D eigenvalue weighted by Gasteiger charge is -2.29. The van der Waals surface area contributed by atoms with E-state index in [-0.39, 0.29) is 33.6 Å². The number of aromatic amines is 1. The second-order valence-corrected chi connectivity index (χ2v) is 8.39. The molecule has 2 unspecified atom stereocenters. The van der Waals surface area contributed by atoms with Crippen LogP contribution in [-0.2, 0) is 12.8 Å². The molecule has 4 aromatic rings. The molecule has 0 fully saturated rings. The number of aliphatic hydroxyl groups is 1. The molecule has 2 aliphatic carbocycles. The van der Waals surface area contributed by atoms with E-state index in [9.17, 15) is 19.5 Å². The molecule has 2 N–H and O–H groups in total. The molecule has 3 aromatic carbocycles. The summed E-state index contributed by atoms with van der Waals surface area (Å²) in [5.74, 6) is -0.664. The fourth-order valence-electron chi connectivity index (χ4n) is 4.95. The van der Waals surface area contributed by atoms with Gasteiger partial charge >= 0.3 is 0 Å². The van der Waals surface area contributed by atoms with E-state index in [1.165, 1.54) is 12.1 Å². The van der Waals surface area contributed by atoms with Crippen LogP contribution in [0.3, 0.4) is 0 Å². The Morgan fingerprint density at radius 1 is 0.781 bits per heavy atom. The van der Waals surface area contributed by atoms with Crippen LogP contribution in [0.5, 0.6) is 0 Å². The van der Waals surface area contributed by atoms with Crippen LogP contribution in [0.4, 0.5) is 0 Å². The largest absolute Gasteiger partial charge is 0.392 e. The number of carbonyl (C=O) groups is 2. The lowest BCUT2D eigenvalue weighted by molar-refractivity contribution is 0.0980. The quantitative estimate of drug-likeness (QED) is 0.433. The molecule has 156 valence electrons. The number of hydrogen-bond acceptors (Lipinski definition) is 5. The molecular formula is C26H18N2O4. The predicted molar refractivity (Wildman–Crippen MR) is 118 cm³/mol. The summed E-state index contributed by atoms with van der Waals surface area (Å²) >= 11 is 0. The number of H-pyrrole nitrogens is 1. The van der Waals surface area contributed by atoms with Crippen molar-refractivity contribution in [3.05, 3.63) is 110 Å². The topological polar surface area (TPSA) is 100 Å². The Balaban J connectivity index is 1.56. The summed E-state index contributed by atoms with van der Waals surface area (Å²) in [5, 5.41) is 11.1. The highest BCUT2D eigenvalue weighted by Crippen LogP contribution is 2.34. The molecule has 0 spiro atoms. The van der Waals surface area contributed by atoms with E-state index in [4.69, 9.17) is 0 Å². The first kappa shape index (κ1) is 18.8. The Bertz CT molecular complexity index is 1520. The van der Waals surface area contributed by atoms with Gasteiger partial charge in [0.2, 0.25) is 0 Å². The number of hydrogen-bond donors (Lipinski definition) is 2. The fourth-order valence-corrected chi connectivity index (χ4v) is 4.95. The minimum Gasteiger partial charge on any atom is -0.392 e. The normalized spacial score (nSPS) is 19.4. The van der Waals surface area contributed by atoms with Crippen LogP contribution in [0.1, 0.15) is 54.7 Å². The lowest BCUT2D eigenvalue weighted by atomic mass is 9.81. The smallest absolute Gasteiger partial charge is 0.258 e. The number of ketones is 2. The Kier molecular flexibility index (Phi) is 4.00. The van der Waals surface area contributed by atoms with Crippen molar-refractivity contribution in [2.24, 2.45) is 0 Å². The van der Waals surface area contributed by atoms with Crippen LogP contribution < -0.4 is 5.56 Å². The third-order valence-electron chi connectivity index (χ3n) is 6.59. The molecule has 2 atom stereocenters. The van der Waals surface area contributed by atoms with Crippen LogP contribution >= 0.6 is 0 Å². The highest BCUT2D eigenvalue weighted by molar-refractivity contribution is 6.31. The van der Waals surface area contributed by atoms with Crippen molar-refractivity contribution in [1.29, 1.82) is 0 Å². The monoisotopic (exact) mass is 422 g/mol. The Hall–Kier alpha value is -3.90. The molecule has 2 aliphatic rings. The van der Waals surface area contributed by atoms with E-state index in [0.29, 0.717) is 29.8 Å². The molecule has 0 saturated heterocycles. The maximum atomic E-state index is 13.3. The average Bonchev–Trinajstić information content (AvgIpc) is 2.81. The number of aliphatic hydroxyl groups excluding tert-OH is 1. The van der Waals surface area contributed by atoms with Crippen molar-refractivity contribution in [2.75, 3.05) is 0 Å². The van der Waals surface area contributed by atoms with Crippen molar-refractivity contribution in [3.8, 4) is 0 Å². The van der Waals surface area contributed by atoms with E-state index < -0.39 is 17.6 Å². The summed E-state index contributed by atoms with van der Waals surface area (Å²) in [4.78, 5) is 46.8. The summed E-state index contributed by atoms with van der Waals surface area (Å²) in [7, 11) is 0. The van der Waals surface area contributed by atoms with Gasteiger partial charge in [0.1, 0.15) is 5.82 Å². The molecule has 0 saturated carbocycles. The highest BCUT2D eigenvalue weighted by atomic mass is 16.3. The van der Waals surface area contributed by atoms with Crippen LogP contribution in [-0.4, -0.2) is 32.7 Å². The second-order valence-electron chi connectivity index (χ2n) is 8.39. The molecule has 6 heteroatoms. The first-order chi connectivity index (χ1) is 15.5. The average molecular weight is 422 g/mol. The van der Waals surface area contributed by atoms with Gasteiger partial charge in [-0.3, -0.25) is 14.4 Å². The molecule has 6 nitrogen and oxygen atoms in total. The molecule has 6 rings (SSSR count). The Labute approximate surface area is 182 Å². The van der Waals surface area contributed by atoms with E-state index >= 15 is 0 Å². The number of carbonyl (C=O) groups excluding carboxylic acids is 2. The number of benzene rings is 3. The van der Waals surface area contributed by atoms with E-state index in [1.807, 2.05) is 24.3 Å². The summed E-state index contributed by atoms with van der Waals surface area (Å²) in [5.41, 5.74) is 3.07. The fraction of sp³-hybridized carbons (Fsp3) is 0.154. The number of nitrogens with zero attached hydrogens (tertiary/aromatic N) is 1. The van der Waals surface area contributed by atoms with Gasteiger partial charge in [-0.05, 0) is 36.1 Å². The second kappa shape index (κ2) is 6.80. The van der Waals surface area contributed by atoms with E-state index in [0.717, 1.165) is 11.1 Å². The van der Waals surface area contributed by atoms with Gasteiger partial charge in [-0.2, -0.15) is 0 Å². The van der Waals surface area contributed by atoms with Gasteiger partial charge in [0.15, 0.2) is 11.6 Å². The minimum absolute atomic E-state index is 0.157. The van der Waals surface area contributed by atoms with Crippen molar-refractivity contribution in [1.82, 2.24) is 9.97 Å². The van der Waals surface area contributed by atoms with Crippen molar-refractivity contribution in [3.63, 3.8) is 0 Å². The van der Waals surface area contributed by atoms with E-state index in [1.54, 1.807) is 24.3 Å². The first-order valence-corrected chi connectivity index (χ1v) is 10.5. The number of aromatic nitrogens is 2. The van der Waals surface area contributed by atoms with Crippen molar-refractivity contribution in [2.45, 2.75) is 24.9 Å². The van der Waals surface area contributed by atoms with Gasteiger partial charge in [0.05, 0.1) is 22.6 Å². The lowest BCUT2D eigenvalue weighted by Crippen LogP contribution is -2.31. The molecule has 0 amide bonds. The zero-order valence-electron chi connectivity index (χ0n) is 17.0. The molecule has 0 radical (unpaired) electrons. The highest BCUT2D eigenvalue weighted by Gasteiger charge is 2.34. The van der Waals surface area contributed by atoms with Crippen LogP contribution in [0, 0.1) is 0 Å². The van der Waals surface area contributed by atoms with Gasteiger partial charge in [0.25, 0.3) is 5.56 Å². The minimum atomic E-state index is -0.719. The first-order valence-electron chi connectivity index (χ1n) is 10.5. The zero-order valence-corrected chi connectivity index (χ0v) is 17.0. The van der Waals surface area contributed by atoms with Gasteiger partial charge in [-0.25, -0.2) is 4.98 Å². The zero-order chi connectivity index (χ0) is 22.0. The summed E-state index contributed by atoms with van der Waals surface area (Å²) in [6.07, 6.45) is 0.264. The Morgan fingerprint density at radius 2 is 1.44 bits per heavy atom. The van der Waals surface area contributed by atoms with Crippen molar-refractivity contribution >= 4 is 22.5 Å². The summed E-state index contributed by atoms with van der Waals surface area (Å²) in [6, 6.07) is 17.6. The number of fused-ring (bicyclic) bond motifs is 5. The molecule has 1 heterocycles. The molecule has 0 bridgehead atoms. The summed E-state index contributed by atoms with van der Waals surface area (Å²) < 4.78 is 0. The van der Waals surface area contributed by atoms with Crippen LogP contribution in [0.2, 0.25) is 0 Å². The van der Waals surface area contributed by atoms with Crippen LogP contribution in [0.25, 0.3) is 10.9 Å². The van der Waals surface area contributed by atoms with Crippen LogP contribution in [0.15, 0.2) is 65.5 Å². The maximum Gasteiger partial charge on any atom is 0.258 e. The van der Waals surface area contributed by atoms with E-state index in [2.05, 4.69) is 9.97 Å². The molecule has 0 aliphatic heterocycles. The molecule has 1 aromatic heterocycles. The van der Waals surface area contributed by atoms with Gasteiger partial charge in [-0.15, -0.1) is 0 Å². The van der Waals surface area contributed by atoms with Gasteiger partial charge < -0.3 is 10.1 Å². The van der Waals surface area contributed by atoms with Crippen molar-refractivity contribution < 1.29 is 14.7 Å². The number of rotatable bonds is 1. The van der Waals surface area contributed by atoms with Gasteiger partial charge in [-0.1, -0.05) is 48.5 Å². The molecular weight excluding hydrogens is 404 g/mol. The third-order valence-corrected chi connectivity index (χ3v) is 6.59. The van der Waals surface area contributed by atoms with Gasteiger partial charge in [0, 0.05) is 22.6 Å². The SMILES string of the molecule is O=C1c2ccccc2C(=O)c2c1ccc1c(=O)[nH]c(C3Cc4ccccc4CC3O)nc21. The Morgan fingerprint density at radius 3 is 2.19 bits per heavy atom. The molecule has 32 heavy (non-hydrogen) atoms. The predicted octanol–water partition coefficient (Wildman–Crippen LogP) is 2.94. The standard InChI is InChI=1S/C26H18N2O4/c29-20-12-14-6-2-1-5-13(14)11-19(20)25-27-22-18(26(32)28-25)10-9-17-21(22)24(31)16-8-4-3-7-15(16)23(17)30/h1-10,19-20,29H,11-12H2,(H,27,28,32). The third kappa shape index (κ3) is 2.63.